The minimum Gasteiger partial charge on any atom is -0.356 e. The van der Waals surface area contributed by atoms with E-state index in [0.29, 0.717) is 0 Å². The van der Waals surface area contributed by atoms with Crippen molar-refractivity contribution < 1.29 is 4.79 Å². The third-order valence-electron chi connectivity index (χ3n) is 4.11. The Morgan fingerprint density at radius 1 is 1.04 bits per heavy atom. The molecule has 24 heavy (non-hydrogen) atoms. The van der Waals surface area contributed by atoms with Crippen LogP contribution in [0.3, 0.4) is 0 Å². The van der Waals surface area contributed by atoms with E-state index in [2.05, 4.69) is 11.1 Å². The van der Waals surface area contributed by atoms with Crippen LogP contribution in [0, 0.1) is 6.92 Å². The predicted octanol–water partition coefficient (Wildman–Crippen LogP) is 5.47. The van der Waals surface area contributed by atoms with E-state index in [4.69, 9.17) is 4.98 Å². The largest absolute Gasteiger partial charge is 0.356 e. The molecule has 4 rings (SSSR count). The Hall–Kier alpha value is -2.72. The number of rotatable bonds is 3. The van der Waals surface area contributed by atoms with Gasteiger partial charge in [0.15, 0.2) is 5.78 Å². The number of H-pyrrole nitrogens is 1. The summed E-state index contributed by atoms with van der Waals surface area (Å²) in [7, 11) is 0. The number of para-hydroxylation sites is 1. The first-order valence-corrected chi connectivity index (χ1v) is 8.61. The summed E-state index contributed by atoms with van der Waals surface area (Å²) in [6.45, 7) is 3.56. The maximum Gasteiger partial charge on any atom is 0.162 e. The molecule has 0 fully saturated rings. The second kappa shape index (κ2) is 5.73. The van der Waals surface area contributed by atoms with Crippen LogP contribution >= 0.6 is 11.3 Å². The number of carbonyl (C=O) groups is 1. The summed E-state index contributed by atoms with van der Waals surface area (Å²) in [6.07, 6.45) is 0. The second-order valence-electron chi connectivity index (χ2n) is 5.78. The van der Waals surface area contributed by atoms with Crippen molar-refractivity contribution in [3.05, 3.63) is 65.9 Å². The Balaban J connectivity index is 2.02. The summed E-state index contributed by atoms with van der Waals surface area (Å²) in [4.78, 5) is 20.4. The molecule has 4 aromatic rings. The summed E-state index contributed by atoms with van der Waals surface area (Å²) in [5.74, 6) is 0.0648. The monoisotopic (exact) mass is 332 g/mol. The normalized spacial score (nSPS) is 11.1. The second-order valence-corrected chi connectivity index (χ2v) is 6.81. The van der Waals surface area contributed by atoms with Crippen LogP contribution in [0.4, 0.5) is 0 Å². The summed E-state index contributed by atoms with van der Waals surface area (Å²) < 4.78 is 1.14. The van der Waals surface area contributed by atoms with Crippen LogP contribution in [0.15, 0.2) is 54.6 Å². The molecule has 0 unspecified atom stereocenters. The molecule has 0 saturated heterocycles. The zero-order chi connectivity index (χ0) is 16.7. The molecule has 0 radical (unpaired) electrons. The van der Waals surface area contributed by atoms with Gasteiger partial charge in [0.05, 0.1) is 15.9 Å². The fourth-order valence-electron chi connectivity index (χ4n) is 3.10. The third kappa shape index (κ3) is 2.36. The molecule has 0 atom stereocenters. The smallest absolute Gasteiger partial charge is 0.162 e. The van der Waals surface area contributed by atoms with Crippen molar-refractivity contribution in [1.29, 1.82) is 0 Å². The van der Waals surface area contributed by atoms with Gasteiger partial charge in [-0.15, -0.1) is 11.3 Å². The molecule has 2 aromatic carbocycles. The third-order valence-corrected chi connectivity index (χ3v) is 5.16. The van der Waals surface area contributed by atoms with Crippen LogP contribution in [0.2, 0.25) is 0 Å². The van der Waals surface area contributed by atoms with Gasteiger partial charge in [0, 0.05) is 16.8 Å². The van der Waals surface area contributed by atoms with Crippen LogP contribution < -0.4 is 0 Å². The van der Waals surface area contributed by atoms with Gasteiger partial charge in [0.2, 0.25) is 0 Å². The quantitative estimate of drug-likeness (QED) is 0.506. The number of benzene rings is 2. The molecule has 0 aliphatic heterocycles. The Morgan fingerprint density at radius 2 is 1.75 bits per heavy atom. The highest BCUT2D eigenvalue weighted by molar-refractivity contribution is 7.21. The number of fused-ring (bicyclic) bond motifs is 1. The van der Waals surface area contributed by atoms with Crippen molar-refractivity contribution in [2.24, 2.45) is 0 Å². The highest BCUT2D eigenvalue weighted by Crippen LogP contribution is 2.39. The number of ketones is 1. The summed E-state index contributed by atoms with van der Waals surface area (Å²) >= 11 is 1.64. The Labute approximate surface area is 144 Å². The summed E-state index contributed by atoms with van der Waals surface area (Å²) in [6, 6.07) is 18.1. The topological polar surface area (TPSA) is 45.8 Å². The van der Waals surface area contributed by atoms with Crippen molar-refractivity contribution in [3.8, 4) is 21.8 Å². The molecule has 0 spiro atoms. The Kier molecular flexibility index (Phi) is 3.54. The average Bonchev–Trinajstić information content (AvgIpc) is 3.16. The number of carbonyl (C=O) groups excluding carboxylic acids is 1. The molecule has 4 heteroatoms. The maximum absolute atomic E-state index is 12.2. The first-order chi connectivity index (χ1) is 11.6. The van der Waals surface area contributed by atoms with E-state index in [1.807, 2.05) is 55.5 Å². The molecule has 118 valence electrons. The lowest BCUT2D eigenvalue weighted by atomic mass is 9.98. The molecule has 0 aliphatic carbocycles. The SMILES string of the molecule is CC(=O)c1c(C)[nH]c(-c2nc3ccccc3s2)c1-c1ccccc1. The number of thiazole rings is 1. The van der Waals surface area contributed by atoms with E-state index in [-0.39, 0.29) is 5.78 Å². The van der Waals surface area contributed by atoms with Crippen molar-refractivity contribution in [2.75, 3.05) is 0 Å². The molecule has 0 bridgehead atoms. The van der Waals surface area contributed by atoms with E-state index >= 15 is 0 Å². The van der Waals surface area contributed by atoms with Gasteiger partial charge in [-0.05, 0) is 31.5 Å². The van der Waals surface area contributed by atoms with Crippen LogP contribution in [0.5, 0.6) is 0 Å². The number of aromatic amines is 1. The minimum absolute atomic E-state index is 0.0648. The van der Waals surface area contributed by atoms with Gasteiger partial charge >= 0.3 is 0 Å². The minimum atomic E-state index is 0.0648. The van der Waals surface area contributed by atoms with E-state index in [9.17, 15) is 4.79 Å². The first-order valence-electron chi connectivity index (χ1n) is 7.80. The summed E-state index contributed by atoms with van der Waals surface area (Å²) in [5, 5.41) is 0.908. The van der Waals surface area contributed by atoms with Crippen molar-refractivity contribution in [1.82, 2.24) is 9.97 Å². The van der Waals surface area contributed by atoms with Gasteiger partial charge in [-0.3, -0.25) is 4.79 Å². The molecule has 2 aromatic heterocycles. The Bertz CT molecular complexity index is 1010. The fourth-order valence-corrected chi connectivity index (χ4v) is 4.07. The van der Waals surface area contributed by atoms with E-state index in [0.717, 1.165) is 43.3 Å². The molecule has 0 saturated carbocycles. The molecule has 3 nitrogen and oxygen atoms in total. The number of hydrogen-bond donors (Lipinski definition) is 1. The standard InChI is InChI=1S/C20H16N2OS/c1-12-17(13(2)23)18(14-8-4-3-5-9-14)19(21-12)20-22-15-10-6-7-11-16(15)24-20/h3-11,21H,1-2H3. The molecular weight excluding hydrogens is 316 g/mol. The number of Topliss-reactive ketones (excluding diaryl/α,β-unsaturated/α-hetero) is 1. The number of aromatic nitrogens is 2. The van der Waals surface area contributed by atoms with Crippen LogP contribution in [-0.2, 0) is 0 Å². The lowest BCUT2D eigenvalue weighted by Crippen LogP contribution is -1.95. The molecule has 1 N–H and O–H groups in total. The van der Waals surface area contributed by atoms with Gasteiger partial charge in [-0.25, -0.2) is 4.98 Å². The van der Waals surface area contributed by atoms with E-state index < -0.39 is 0 Å². The van der Waals surface area contributed by atoms with E-state index in [1.54, 1.807) is 18.3 Å². The maximum atomic E-state index is 12.2. The number of aryl methyl sites for hydroxylation is 1. The van der Waals surface area contributed by atoms with Crippen molar-refractivity contribution in [2.45, 2.75) is 13.8 Å². The fraction of sp³-hybridized carbons (Fsp3) is 0.100. The van der Waals surface area contributed by atoms with Gasteiger partial charge in [0.25, 0.3) is 0 Å². The zero-order valence-corrected chi connectivity index (χ0v) is 14.3. The van der Waals surface area contributed by atoms with Gasteiger partial charge in [-0.1, -0.05) is 42.5 Å². The number of nitrogens with zero attached hydrogens (tertiary/aromatic N) is 1. The van der Waals surface area contributed by atoms with Crippen molar-refractivity contribution in [3.63, 3.8) is 0 Å². The van der Waals surface area contributed by atoms with Crippen LogP contribution in [-0.4, -0.2) is 15.8 Å². The summed E-state index contributed by atoms with van der Waals surface area (Å²) in [5.41, 5.74) is 5.50. The predicted molar refractivity (Wildman–Crippen MR) is 99.6 cm³/mol. The molecular formula is C20H16N2OS. The highest BCUT2D eigenvalue weighted by atomic mass is 32.1. The number of nitrogens with one attached hydrogen (secondary N) is 1. The molecule has 0 aliphatic rings. The molecule has 2 heterocycles. The van der Waals surface area contributed by atoms with Crippen LogP contribution in [0.1, 0.15) is 23.0 Å². The van der Waals surface area contributed by atoms with Gasteiger partial charge in [-0.2, -0.15) is 0 Å². The van der Waals surface area contributed by atoms with Crippen LogP contribution in [0.25, 0.3) is 32.0 Å². The average molecular weight is 332 g/mol. The van der Waals surface area contributed by atoms with Gasteiger partial charge < -0.3 is 4.98 Å². The highest BCUT2D eigenvalue weighted by Gasteiger charge is 2.22. The number of hydrogen-bond acceptors (Lipinski definition) is 3. The van der Waals surface area contributed by atoms with Gasteiger partial charge in [0.1, 0.15) is 5.01 Å². The lowest BCUT2D eigenvalue weighted by Gasteiger charge is -2.05. The Morgan fingerprint density at radius 3 is 2.46 bits per heavy atom. The molecule has 0 amide bonds. The van der Waals surface area contributed by atoms with E-state index in [1.165, 1.54) is 0 Å². The van der Waals surface area contributed by atoms with Crippen molar-refractivity contribution >= 4 is 27.3 Å². The first kappa shape index (κ1) is 14.8. The lowest BCUT2D eigenvalue weighted by molar-refractivity contribution is 0.101. The zero-order valence-electron chi connectivity index (χ0n) is 13.5.